The van der Waals surface area contributed by atoms with Crippen molar-refractivity contribution in [1.82, 2.24) is 0 Å². The number of nitrogens with zero attached hydrogens (tertiary/aromatic N) is 1. The van der Waals surface area contributed by atoms with Gasteiger partial charge >= 0.3 is 0 Å². The Morgan fingerprint density at radius 2 is 2.08 bits per heavy atom. The normalized spacial score (nSPS) is 11.7. The average molecular weight is 182 g/mol. The molecule has 2 nitrogen and oxygen atoms in total. The largest absolute Gasteiger partial charge is 0.474 e. The SMILES string of the molecule is N#CC(CCl)Oc1ccccc1. The third-order valence-electron chi connectivity index (χ3n) is 1.31. The summed E-state index contributed by atoms with van der Waals surface area (Å²) in [6, 6.07) is 11.1. The van der Waals surface area contributed by atoms with E-state index in [4.69, 9.17) is 21.6 Å². The molecule has 1 atom stereocenters. The Labute approximate surface area is 76.3 Å². The van der Waals surface area contributed by atoms with Gasteiger partial charge in [0.25, 0.3) is 0 Å². The molecule has 0 aromatic heterocycles. The first-order valence-electron chi connectivity index (χ1n) is 3.54. The molecule has 1 unspecified atom stereocenters. The summed E-state index contributed by atoms with van der Waals surface area (Å²) in [5, 5.41) is 8.53. The molecule has 0 aliphatic heterocycles. The van der Waals surface area contributed by atoms with Gasteiger partial charge in [-0.05, 0) is 12.1 Å². The minimum Gasteiger partial charge on any atom is -0.474 e. The van der Waals surface area contributed by atoms with E-state index in [2.05, 4.69) is 0 Å². The molecule has 0 saturated carbocycles. The van der Waals surface area contributed by atoms with E-state index in [0.717, 1.165) is 0 Å². The standard InChI is InChI=1S/C9H8ClNO/c10-6-9(7-11)12-8-4-2-1-3-5-8/h1-5,9H,6H2. The lowest BCUT2D eigenvalue weighted by Gasteiger charge is -2.08. The third-order valence-corrected chi connectivity index (χ3v) is 1.59. The molecule has 0 fully saturated rings. The molecule has 0 aliphatic carbocycles. The maximum Gasteiger partial charge on any atom is 0.197 e. The number of rotatable bonds is 3. The van der Waals surface area contributed by atoms with E-state index in [9.17, 15) is 0 Å². The first kappa shape index (κ1) is 8.89. The van der Waals surface area contributed by atoms with E-state index in [0.29, 0.717) is 5.75 Å². The van der Waals surface area contributed by atoms with Crippen molar-refractivity contribution in [3.63, 3.8) is 0 Å². The van der Waals surface area contributed by atoms with Crippen LogP contribution in [0.4, 0.5) is 0 Å². The van der Waals surface area contributed by atoms with Crippen LogP contribution in [0.2, 0.25) is 0 Å². The van der Waals surface area contributed by atoms with Crippen LogP contribution in [0.25, 0.3) is 0 Å². The predicted octanol–water partition coefficient (Wildman–Crippen LogP) is 2.20. The van der Waals surface area contributed by atoms with Crippen LogP contribution in [-0.4, -0.2) is 12.0 Å². The highest BCUT2D eigenvalue weighted by Crippen LogP contribution is 2.10. The van der Waals surface area contributed by atoms with Crippen LogP contribution in [0.15, 0.2) is 30.3 Å². The number of hydrogen-bond donors (Lipinski definition) is 0. The van der Waals surface area contributed by atoms with Gasteiger partial charge in [-0.3, -0.25) is 0 Å². The molecule has 0 aliphatic rings. The molecule has 0 N–H and O–H groups in total. The number of ether oxygens (including phenoxy) is 1. The minimum absolute atomic E-state index is 0.186. The summed E-state index contributed by atoms with van der Waals surface area (Å²) in [6.45, 7) is 0. The zero-order chi connectivity index (χ0) is 8.81. The molecule has 1 aromatic carbocycles. The average Bonchev–Trinajstić information content (AvgIpc) is 2.16. The number of benzene rings is 1. The second-order valence-corrected chi connectivity index (χ2v) is 2.51. The van der Waals surface area contributed by atoms with Crippen molar-refractivity contribution in [3.8, 4) is 11.8 Å². The van der Waals surface area contributed by atoms with Crippen LogP contribution >= 0.6 is 11.6 Å². The van der Waals surface area contributed by atoms with E-state index in [1.165, 1.54) is 0 Å². The molecule has 0 bridgehead atoms. The van der Waals surface area contributed by atoms with E-state index >= 15 is 0 Å². The zero-order valence-corrected chi connectivity index (χ0v) is 7.16. The Bertz CT molecular complexity index is 268. The van der Waals surface area contributed by atoms with Gasteiger partial charge in [-0.2, -0.15) is 5.26 Å². The number of nitriles is 1. The fraction of sp³-hybridized carbons (Fsp3) is 0.222. The third kappa shape index (κ3) is 2.44. The summed E-state index contributed by atoms with van der Waals surface area (Å²) in [4.78, 5) is 0. The topological polar surface area (TPSA) is 33.0 Å². The van der Waals surface area contributed by atoms with Gasteiger partial charge in [0.05, 0.1) is 5.88 Å². The van der Waals surface area contributed by atoms with Crippen LogP contribution in [0.1, 0.15) is 0 Å². The van der Waals surface area contributed by atoms with Crippen molar-refractivity contribution in [2.24, 2.45) is 0 Å². The Hall–Kier alpha value is -1.20. The minimum atomic E-state index is -0.561. The lowest BCUT2D eigenvalue weighted by Crippen LogP contribution is -2.15. The summed E-state index contributed by atoms with van der Waals surface area (Å²) in [5.74, 6) is 0.857. The number of hydrogen-bond acceptors (Lipinski definition) is 2. The Morgan fingerprint density at radius 1 is 1.42 bits per heavy atom. The molecule has 0 heterocycles. The van der Waals surface area contributed by atoms with Gasteiger partial charge in [0.15, 0.2) is 6.10 Å². The zero-order valence-electron chi connectivity index (χ0n) is 6.40. The number of halogens is 1. The molecule has 0 radical (unpaired) electrons. The lowest BCUT2D eigenvalue weighted by atomic mass is 10.3. The van der Waals surface area contributed by atoms with Gasteiger partial charge < -0.3 is 4.74 Å². The van der Waals surface area contributed by atoms with E-state index in [1.54, 1.807) is 12.1 Å². The smallest absolute Gasteiger partial charge is 0.197 e. The lowest BCUT2D eigenvalue weighted by molar-refractivity contribution is 0.279. The van der Waals surface area contributed by atoms with Gasteiger partial charge in [0, 0.05) is 0 Å². The van der Waals surface area contributed by atoms with E-state index < -0.39 is 6.10 Å². The molecule has 1 rings (SSSR count). The van der Waals surface area contributed by atoms with Crippen LogP contribution in [0.3, 0.4) is 0 Å². The predicted molar refractivity (Wildman–Crippen MR) is 47.2 cm³/mol. The first-order valence-corrected chi connectivity index (χ1v) is 4.07. The molecular formula is C9H8ClNO. The highest BCUT2D eigenvalue weighted by molar-refractivity contribution is 6.18. The Kier molecular flexibility index (Phi) is 3.43. The molecule has 1 aromatic rings. The summed E-state index contributed by atoms with van der Waals surface area (Å²) in [7, 11) is 0. The second kappa shape index (κ2) is 4.63. The molecular weight excluding hydrogens is 174 g/mol. The second-order valence-electron chi connectivity index (χ2n) is 2.20. The molecule has 3 heteroatoms. The first-order chi connectivity index (χ1) is 5.86. The van der Waals surface area contributed by atoms with Crippen LogP contribution in [-0.2, 0) is 0 Å². The van der Waals surface area contributed by atoms with Gasteiger partial charge in [0.1, 0.15) is 11.8 Å². The van der Waals surface area contributed by atoms with Gasteiger partial charge in [0.2, 0.25) is 0 Å². The number of alkyl halides is 1. The van der Waals surface area contributed by atoms with Crippen LogP contribution < -0.4 is 4.74 Å². The maximum atomic E-state index is 8.53. The Balaban J connectivity index is 2.58. The quantitative estimate of drug-likeness (QED) is 0.670. The summed E-state index contributed by atoms with van der Waals surface area (Å²) in [6.07, 6.45) is -0.561. The Morgan fingerprint density at radius 3 is 2.58 bits per heavy atom. The van der Waals surface area contributed by atoms with Crippen molar-refractivity contribution in [3.05, 3.63) is 30.3 Å². The maximum absolute atomic E-state index is 8.53. The molecule has 0 spiro atoms. The van der Waals surface area contributed by atoms with Gasteiger partial charge in [-0.15, -0.1) is 11.6 Å². The van der Waals surface area contributed by atoms with E-state index in [1.807, 2.05) is 24.3 Å². The summed E-state index contributed by atoms with van der Waals surface area (Å²) >= 11 is 5.47. The fourth-order valence-corrected chi connectivity index (χ4v) is 0.888. The van der Waals surface area contributed by atoms with Gasteiger partial charge in [-0.1, -0.05) is 18.2 Å². The number of para-hydroxylation sites is 1. The summed E-state index contributed by atoms with van der Waals surface area (Å²) < 4.78 is 5.22. The van der Waals surface area contributed by atoms with Crippen LogP contribution in [0, 0.1) is 11.3 Å². The molecule has 62 valence electrons. The summed E-state index contributed by atoms with van der Waals surface area (Å²) in [5.41, 5.74) is 0. The van der Waals surface area contributed by atoms with Crippen molar-refractivity contribution >= 4 is 11.6 Å². The van der Waals surface area contributed by atoms with Crippen molar-refractivity contribution in [1.29, 1.82) is 5.26 Å². The highest BCUT2D eigenvalue weighted by Gasteiger charge is 2.05. The van der Waals surface area contributed by atoms with E-state index in [-0.39, 0.29) is 5.88 Å². The van der Waals surface area contributed by atoms with Crippen molar-refractivity contribution < 1.29 is 4.74 Å². The van der Waals surface area contributed by atoms with Gasteiger partial charge in [-0.25, -0.2) is 0 Å². The monoisotopic (exact) mass is 181 g/mol. The van der Waals surface area contributed by atoms with Crippen molar-refractivity contribution in [2.75, 3.05) is 5.88 Å². The fourth-order valence-electron chi connectivity index (χ4n) is 0.756. The molecule has 0 saturated heterocycles. The highest BCUT2D eigenvalue weighted by atomic mass is 35.5. The molecule has 12 heavy (non-hydrogen) atoms. The van der Waals surface area contributed by atoms with Crippen LogP contribution in [0.5, 0.6) is 5.75 Å². The molecule has 0 amide bonds. The van der Waals surface area contributed by atoms with Crippen molar-refractivity contribution in [2.45, 2.75) is 6.10 Å².